The lowest BCUT2D eigenvalue weighted by atomic mass is 10.1. The first kappa shape index (κ1) is 16.5. The smallest absolute Gasteiger partial charge is 0.273 e. The number of carbonyl (C=O) groups excluding carboxylic acids is 1. The molecule has 1 aliphatic rings. The summed E-state index contributed by atoms with van der Waals surface area (Å²) >= 11 is 0. The zero-order valence-electron chi connectivity index (χ0n) is 13.2. The van der Waals surface area contributed by atoms with Gasteiger partial charge in [-0.15, -0.1) is 5.10 Å². The molecule has 0 bridgehead atoms. The highest BCUT2D eigenvalue weighted by Gasteiger charge is 2.27. The lowest BCUT2D eigenvalue weighted by Crippen LogP contribution is -2.33. The fraction of sp³-hybridized carbons (Fsp3) is 0.438. The minimum Gasteiger partial charge on any atom is -0.396 e. The molecule has 0 unspecified atom stereocenters. The number of carbonyl (C=O) groups is 1. The fourth-order valence-corrected chi connectivity index (χ4v) is 3.03. The SMILES string of the molecule is Cc1c(C(=O)N[C@H]2CC[C@@H](CO)C2)nnn1-c1ccc(F)c(F)c1. The molecule has 2 N–H and O–H groups in total. The lowest BCUT2D eigenvalue weighted by Gasteiger charge is -2.12. The Labute approximate surface area is 137 Å². The summed E-state index contributed by atoms with van der Waals surface area (Å²) in [5.74, 6) is -2.08. The second-order valence-corrected chi connectivity index (χ2v) is 6.07. The van der Waals surface area contributed by atoms with Crippen LogP contribution in [-0.2, 0) is 0 Å². The van der Waals surface area contributed by atoms with Crippen molar-refractivity contribution in [2.24, 2.45) is 5.92 Å². The van der Waals surface area contributed by atoms with Crippen LogP contribution in [0.1, 0.15) is 35.4 Å². The van der Waals surface area contributed by atoms with E-state index >= 15 is 0 Å². The van der Waals surface area contributed by atoms with Gasteiger partial charge in [0.15, 0.2) is 17.3 Å². The largest absolute Gasteiger partial charge is 0.396 e. The normalized spacial score (nSPS) is 20.3. The topological polar surface area (TPSA) is 80.0 Å². The highest BCUT2D eigenvalue weighted by atomic mass is 19.2. The van der Waals surface area contributed by atoms with Crippen LogP contribution in [0, 0.1) is 24.5 Å². The standard InChI is InChI=1S/C16H18F2N4O2/c1-9-15(16(24)19-11-3-2-10(6-11)8-23)20-21-22(9)12-4-5-13(17)14(18)7-12/h4-5,7,10-11,23H,2-3,6,8H2,1H3,(H,19,24)/t10-,11+/m1/s1. The van der Waals surface area contributed by atoms with Gasteiger partial charge in [-0.05, 0) is 44.2 Å². The summed E-state index contributed by atoms with van der Waals surface area (Å²) in [7, 11) is 0. The van der Waals surface area contributed by atoms with Crippen molar-refractivity contribution >= 4 is 5.91 Å². The first-order valence-corrected chi connectivity index (χ1v) is 7.79. The van der Waals surface area contributed by atoms with E-state index in [1.807, 2.05) is 0 Å². The third-order valence-corrected chi connectivity index (χ3v) is 4.39. The van der Waals surface area contributed by atoms with Crippen molar-refractivity contribution in [1.29, 1.82) is 0 Å². The first-order chi connectivity index (χ1) is 11.5. The molecule has 3 rings (SSSR count). The van der Waals surface area contributed by atoms with Crippen LogP contribution < -0.4 is 5.32 Å². The Morgan fingerprint density at radius 3 is 2.83 bits per heavy atom. The first-order valence-electron chi connectivity index (χ1n) is 7.79. The van der Waals surface area contributed by atoms with Gasteiger partial charge in [-0.3, -0.25) is 4.79 Å². The molecule has 1 aromatic heterocycles. The molecule has 24 heavy (non-hydrogen) atoms. The van der Waals surface area contributed by atoms with Crippen molar-refractivity contribution in [2.75, 3.05) is 6.61 Å². The van der Waals surface area contributed by atoms with E-state index in [4.69, 9.17) is 5.11 Å². The summed E-state index contributed by atoms with van der Waals surface area (Å²) in [6, 6.07) is 3.37. The third-order valence-electron chi connectivity index (χ3n) is 4.39. The minimum absolute atomic E-state index is 0.00228. The Hall–Kier alpha value is -2.35. The molecule has 0 spiro atoms. The summed E-state index contributed by atoms with van der Waals surface area (Å²) < 4.78 is 27.7. The molecule has 2 aromatic rings. The summed E-state index contributed by atoms with van der Waals surface area (Å²) in [5.41, 5.74) is 0.876. The van der Waals surface area contributed by atoms with Crippen molar-refractivity contribution in [3.8, 4) is 5.69 Å². The molecule has 1 aromatic carbocycles. The average molecular weight is 336 g/mol. The van der Waals surface area contributed by atoms with Gasteiger partial charge in [0.25, 0.3) is 5.91 Å². The Morgan fingerprint density at radius 1 is 1.38 bits per heavy atom. The maximum absolute atomic E-state index is 13.4. The molecule has 8 heteroatoms. The van der Waals surface area contributed by atoms with Crippen molar-refractivity contribution in [3.05, 3.63) is 41.2 Å². The fourth-order valence-electron chi connectivity index (χ4n) is 3.03. The second kappa shape index (κ2) is 6.64. The Kier molecular flexibility index (Phi) is 4.57. The van der Waals surface area contributed by atoms with Gasteiger partial charge in [-0.2, -0.15) is 0 Å². The van der Waals surface area contributed by atoms with Crippen LogP contribution in [0.3, 0.4) is 0 Å². The number of aromatic nitrogens is 3. The van der Waals surface area contributed by atoms with Crippen molar-refractivity contribution in [2.45, 2.75) is 32.2 Å². The predicted molar refractivity (Wildman–Crippen MR) is 81.7 cm³/mol. The molecule has 1 heterocycles. The second-order valence-electron chi connectivity index (χ2n) is 6.07. The van der Waals surface area contributed by atoms with Crippen molar-refractivity contribution in [3.63, 3.8) is 0 Å². The van der Waals surface area contributed by atoms with E-state index < -0.39 is 11.6 Å². The summed E-state index contributed by atoms with van der Waals surface area (Å²) in [6.07, 6.45) is 2.42. The zero-order chi connectivity index (χ0) is 17.3. The number of nitrogens with zero attached hydrogens (tertiary/aromatic N) is 3. The summed E-state index contributed by atoms with van der Waals surface area (Å²) in [5, 5.41) is 19.8. The lowest BCUT2D eigenvalue weighted by molar-refractivity contribution is 0.0930. The van der Waals surface area contributed by atoms with Crippen LogP contribution in [0.4, 0.5) is 8.78 Å². The molecule has 1 saturated carbocycles. The van der Waals surface area contributed by atoms with Crippen LogP contribution >= 0.6 is 0 Å². The van der Waals surface area contributed by atoms with E-state index in [1.54, 1.807) is 6.92 Å². The van der Waals surface area contributed by atoms with Gasteiger partial charge in [0.1, 0.15) is 0 Å². The van der Waals surface area contributed by atoms with E-state index in [2.05, 4.69) is 15.6 Å². The van der Waals surface area contributed by atoms with Crippen LogP contribution in [0.5, 0.6) is 0 Å². The van der Waals surface area contributed by atoms with E-state index in [0.29, 0.717) is 11.4 Å². The highest BCUT2D eigenvalue weighted by Crippen LogP contribution is 2.25. The molecule has 1 amide bonds. The zero-order valence-corrected chi connectivity index (χ0v) is 13.2. The van der Waals surface area contributed by atoms with Crippen LogP contribution in [-0.4, -0.2) is 38.7 Å². The van der Waals surface area contributed by atoms with Crippen molar-refractivity contribution < 1.29 is 18.7 Å². The van der Waals surface area contributed by atoms with Gasteiger partial charge in [0.05, 0.1) is 11.4 Å². The van der Waals surface area contributed by atoms with E-state index in [9.17, 15) is 13.6 Å². The number of amides is 1. The molecule has 0 radical (unpaired) electrons. The number of aliphatic hydroxyl groups is 1. The van der Waals surface area contributed by atoms with Gasteiger partial charge < -0.3 is 10.4 Å². The number of hydrogen-bond donors (Lipinski definition) is 2. The van der Waals surface area contributed by atoms with E-state index in [-0.39, 0.29) is 30.2 Å². The monoisotopic (exact) mass is 336 g/mol. The average Bonchev–Trinajstić information content (AvgIpc) is 3.16. The van der Waals surface area contributed by atoms with Gasteiger partial charge >= 0.3 is 0 Å². The van der Waals surface area contributed by atoms with Gasteiger partial charge in [0, 0.05) is 18.7 Å². The van der Waals surface area contributed by atoms with E-state index in [0.717, 1.165) is 31.4 Å². The molecule has 1 aliphatic carbocycles. The molecule has 0 aliphatic heterocycles. The van der Waals surface area contributed by atoms with Crippen molar-refractivity contribution in [1.82, 2.24) is 20.3 Å². The molecule has 1 fully saturated rings. The molecule has 0 saturated heterocycles. The van der Waals surface area contributed by atoms with Crippen LogP contribution in [0.15, 0.2) is 18.2 Å². The quantitative estimate of drug-likeness (QED) is 0.891. The van der Waals surface area contributed by atoms with E-state index in [1.165, 1.54) is 10.7 Å². The third kappa shape index (κ3) is 3.14. The van der Waals surface area contributed by atoms with Gasteiger partial charge in [-0.1, -0.05) is 5.21 Å². The Morgan fingerprint density at radius 2 is 2.17 bits per heavy atom. The number of halogens is 2. The molecular formula is C16H18F2N4O2. The Bertz CT molecular complexity index is 763. The molecule has 2 atom stereocenters. The molecule has 128 valence electrons. The number of rotatable bonds is 4. The number of nitrogens with one attached hydrogen (secondary N) is 1. The van der Waals surface area contributed by atoms with Gasteiger partial charge in [0.2, 0.25) is 0 Å². The molecule has 6 nitrogen and oxygen atoms in total. The predicted octanol–water partition coefficient (Wildman–Crippen LogP) is 1.74. The van der Waals surface area contributed by atoms with Gasteiger partial charge in [-0.25, -0.2) is 13.5 Å². The molecular weight excluding hydrogens is 318 g/mol. The maximum atomic E-state index is 13.4. The number of hydrogen-bond acceptors (Lipinski definition) is 4. The van der Waals surface area contributed by atoms with Crippen LogP contribution in [0.25, 0.3) is 5.69 Å². The summed E-state index contributed by atoms with van der Waals surface area (Å²) in [4.78, 5) is 12.4. The van der Waals surface area contributed by atoms with Crippen LogP contribution in [0.2, 0.25) is 0 Å². The minimum atomic E-state index is -0.991. The Balaban J connectivity index is 1.77. The number of aliphatic hydroxyl groups excluding tert-OH is 1. The number of benzene rings is 1. The summed E-state index contributed by atoms with van der Waals surface area (Å²) in [6.45, 7) is 1.76. The maximum Gasteiger partial charge on any atom is 0.273 e. The highest BCUT2D eigenvalue weighted by molar-refractivity contribution is 5.93.